The molecule has 260 valence electrons. The number of likely N-dealkylation sites (tertiary alicyclic amines) is 1. The quantitative estimate of drug-likeness (QED) is 0.167. The number of hydrogen-bond acceptors (Lipinski definition) is 7. The first-order valence-electron chi connectivity index (χ1n) is 17.3. The Bertz CT molecular complexity index is 1960. The molecular formula is C40H44FN5O4. The molecule has 5 aromatic rings. The Hall–Kier alpha value is -5.12. The number of rotatable bonds is 9. The van der Waals surface area contributed by atoms with E-state index in [9.17, 15) is 4.79 Å². The Labute approximate surface area is 292 Å². The van der Waals surface area contributed by atoms with Crippen LogP contribution in [0.4, 0.5) is 14.9 Å². The maximum absolute atomic E-state index is 16.3. The van der Waals surface area contributed by atoms with Crippen LogP contribution in [0.25, 0.3) is 22.2 Å². The van der Waals surface area contributed by atoms with Gasteiger partial charge in [-0.3, -0.25) is 4.68 Å². The summed E-state index contributed by atoms with van der Waals surface area (Å²) >= 11 is 0. The highest BCUT2D eigenvalue weighted by Gasteiger charge is 2.48. The van der Waals surface area contributed by atoms with Crippen LogP contribution in [0.5, 0.6) is 11.8 Å². The number of halogens is 1. The SMILES string of the molecule is Cn1nc(-c2ccc(OCc3ccccc3)nc2OCc2ccccc2)c2ccc(NC3CCC4(CC3)CN(C(=O)OC(C)(C)C)C4)c(F)c21. The van der Waals surface area contributed by atoms with Crippen molar-refractivity contribution in [2.75, 3.05) is 18.4 Å². The summed E-state index contributed by atoms with van der Waals surface area (Å²) in [5.41, 5.74) is 3.75. The number of aryl methyl sites for hydroxylation is 1. The largest absolute Gasteiger partial charge is 0.473 e. The molecule has 3 heterocycles. The first kappa shape index (κ1) is 33.4. The van der Waals surface area contributed by atoms with Crippen LogP contribution in [0.15, 0.2) is 84.9 Å². The van der Waals surface area contributed by atoms with Gasteiger partial charge in [-0.2, -0.15) is 10.1 Å². The van der Waals surface area contributed by atoms with Gasteiger partial charge in [-0.15, -0.1) is 0 Å². The minimum atomic E-state index is -0.501. The molecule has 1 spiro atoms. The van der Waals surface area contributed by atoms with Gasteiger partial charge >= 0.3 is 6.09 Å². The minimum Gasteiger partial charge on any atom is -0.473 e. The number of fused-ring (bicyclic) bond motifs is 1. The Morgan fingerprint density at radius 1 is 0.900 bits per heavy atom. The van der Waals surface area contributed by atoms with Crippen molar-refractivity contribution >= 4 is 22.7 Å². The summed E-state index contributed by atoms with van der Waals surface area (Å²) in [7, 11) is 1.76. The van der Waals surface area contributed by atoms with Crippen molar-refractivity contribution in [3.8, 4) is 23.0 Å². The molecule has 1 aliphatic heterocycles. The highest BCUT2D eigenvalue weighted by atomic mass is 19.1. The molecule has 1 saturated carbocycles. The number of anilines is 1. The standard InChI is InChI=1S/C40H44FN5O4/c1-39(2,3)50-38(47)46-25-40(26-46)21-19-29(20-22-40)42-32-17-15-30-35(44-45(4)36(30)34(32)41)31-16-18-33(48-23-27-11-7-5-8-12-27)43-37(31)49-24-28-13-9-6-10-14-28/h5-18,29,42H,19-26H2,1-4H3. The summed E-state index contributed by atoms with van der Waals surface area (Å²) < 4.78 is 35.7. The van der Waals surface area contributed by atoms with E-state index >= 15 is 4.39 Å². The second-order valence-electron chi connectivity index (χ2n) is 14.6. The molecular weight excluding hydrogens is 633 g/mol. The predicted molar refractivity (Wildman–Crippen MR) is 192 cm³/mol. The zero-order valence-electron chi connectivity index (χ0n) is 29.1. The topological polar surface area (TPSA) is 90.7 Å². The monoisotopic (exact) mass is 677 g/mol. The number of pyridine rings is 1. The fourth-order valence-corrected chi connectivity index (χ4v) is 7.02. The molecule has 2 aromatic heterocycles. The van der Waals surface area contributed by atoms with E-state index < -0.39 is 5.60 Å². The molecule has 2 fully saturated rings. The lowest BCUT2D eigenvalue weighted by atomic mass is 9.67. The summed E-state index contributed by atoms with van der Waals surface area (Å²) in [4.78, 5) is 19.0. The number of nitrogens with one attached hydrogen (secondary N) is 1. The lowest BCUT2D eigenvalue weighted by Gasteiger charge is -2.53. The zero-order chi connectivity index (χ0) is 34.9. The average molecular weight is 678 g/mol. The number of carbonyl (C=O) groups is 1. The third-order valence-corrected chi connectivity index (χ3v) is 9.59. The summed E-state index contributed by atoms with van der Waals surface area (Å²) in [5.74, 6) is 0.443. The Balaban J connectivity index is 1.08. The van der Waals surface area contributed by atoms with Crippen molar-refractivity contribution in [3.63, 3.8) is 0 Å². The molecule has 10 heteroatoms. The van der Waals surface area contributed by atoms with Crippen LogP contribution in [0.2, 0.25) is 0 Å². The first-order valence-corrected chi connectivity index (χ1v) is 17.3. The first-order chi connectivity index (χ1) is 24.1. The number of benzene rings is 3. The number of amides is 1. The van der Waals surface area contributed by atoms with Gasteiger partial charge in [0, 0.05) is 43.0 Å². The summed E-state index contributed by atoms with van der Waals surface area (Å²) in [6, 6.07) is 27.3. The van der Waals surface area contributed by atoms with E-state index in [-0.39, 0.29) is 23.4 Å². The number of carbonyl (C=O) groups excluding carboxylic acids is 1. The number of ether oxygens (including phenoxy) is 3. The van der Waals surface area contributed by atoms with Crippen molar-refractivity contribution in [1.29, 1.82) is 0 Å². The van der Waals surface area contributed by atoms with Crippen LogP contribution in [-0.4, -0.2) is 50.5 Å². The van der Waals surface area contributed by atoms with Crippen molar-refractivity contribution in [2.24, 2.45) is 12.5 Å². The van der Waals surface area contributed by atoms with Crippen molar-refractivity contribution in [1.82, 2.24) is 19.7 Å². The molecule has 0 radical (unpaired) electrons. The molecule has 1 saturated heterocycles. The number of aromatic nitrogens is 3. The molecule has 50 heavy (non-hydrogen) atoms. The van der Waals surface area contributed by atoms with E-state index in [1.54, 1.807) is 28.8 Å². The van der Waals surface area contributed by atoms with E-state index in [2.05, 4.69) is 5.32 Å². The van der Waals surface area contributed by atoms with Crippen molar-refractivity contribution < 1.29 is 23.4 Å². The number of hydrogen-bond donors (Lipinski definition) is 1. The van der Waals surface area contributed by atoms with Gasteiger partial charge in [-0.05, 0) is 75.8 Å². The van der Waals surface area contributed by atoms with Gasteiger partial charge in [-0.1, -0.05) is 60.7 Å². The van der Waals surface area contributed by atoms with E-state index in [1.807, 2.05) is 93.6 Å². The van der Waals surface area contributed by atoms with Gasteiger partial charge in [0.2, 0.25) is 11.8 Å². The van der Waals surface area contributed by atoms with Gasteiger partial charge in [0.1, 0.15) is 30.0 Å². The third-order valence-electron chi connectivity index (χ3n) is 9.59. The Kier molecular flexibility index (Phi) is 9.11. The predicted octanol–water partition coefficient (Wildman–Crippen LogP) is 8.52. The fourth-order valence-electron chi connectivity index (χ4n) is 7.02. The third kappa shape index (κ3) is 7.25. The molecule has 1 amide bonds. The van der Waals surface area contributed by atoms with Crippen LogP contribution in [0.1, 0.15) is 57.6 Å². The zero-order valence-corrected chi connectivity index (χ0v) is 29.1. The smallest absolute Gasteiger partial charge is 0.410 e. The summed E-state index contributed by atoms with van der Waals surface area (Å²) in [6.07, 6.45) is 3.53. The molecule has 7 rings (SSSR count). The lowest BCUT2D eigenvalue weighted by Crippen LogP contribution is -2.60. The van der Waals surface area contributed by atoms with Gasteiger partial charge in [0.15, 0.2) is 5.82 Å². The van der Waals surface area contributed by atoms with E-state index in [4.69, 9.17) is 24.3 Å². The second kappa shape index (κ2) is 13.7. The maximum atomic E-state index is 16.3. The van der Waals surface area contributed by atoms with Crippen molar-refractivity contribution in [3.05, 3.63) is 102 Å². The van der Waals surface area contributed by atoms with E-state index in [1.165, 1.54) is 0 Å². The summed E-state index contributed by atoms with van der Waals surface area (Å²) in [5, 5.41) is 8.92. The van der Waals surface area contributed by atoms with E-state index in [0.29, 0.717) is 52.8 Å². The van der Waals surface area contributed by atoms with Crippen LogP contribution < -0.4 is 14.8 Å². The maximum Gasteiger partial charge on any atom is 0.410 e. The number of nitrogens with zero attached hydrogens (tertiary/aromatic N) is 4. The molecule has 2 aliphatic rings. The van der Waals surface area contributed by atoms with E-state index in [0.717, 1.165) is 49.9 Å². The highest BCUT2D eigenvalue weighted by molar-refractivity contribution is 5.96. The molecule has 1 N–H and O–H groups in total. The lowest BCUT2D eigenvalue weighted by molar-refractivity contribution is -0.0496. The van der Waals surface area contributed by atoms with Gasteiger partial charge in [-0.25, -0.2) is 9.18 Å². The van der Waals surface area contributed by atoms with Gasteiger partial charge in [0.25, 0.3) is 0 Å². The molecule has 9 nitrogen and oxygen atoms in total. The van der Waals surface area contributed by atoms with Crippen LogP contribution in [0, 0.1) is 11.2 Å². The Morgan fingerprint density at radius 3 is 2.18 bits per heavy atom. The normalized spacial score (nSPS) is 15.9. The molecule has 0 bridgehead atoms. The van der Waals surface area contributed by atoms with Crippen molar-refractivity contribution in [2.45, 2.75) is 71.3 Å². The molecule has 0 atom stereocenters. The molecule has 0 unspecified atom stereocenters. The average Bonchev–Trinajstić information content (AvgIpc) is 3.43. The van der Waals surface area contributed by atoms with Crippen LogP contribution >= 0.6 is 0 Å². The van der Waals surface area contributed by atoms with Crippen LogP contribution in [0.3, 0.4) is 0 Å². The minimum absolute atomic E-state index is 0.130. The van der Waals surface area contributed by atoms with Gasteiger partial charge < -0.3 is 24.4 Å². The molecule has 1 aliphatic carbocycles. The molecule has 3 aromatic carbocycles. The highest BCUT2D eigenvalue weighted by Crippen LogP contribution is 2.45. The fraction of sp³-hybridized carbons (Fsp3) is 0.375. The second-order valence-corrected chi connectivity index (χ2v) is 14.6. The Morgan fingerprint density at radius 2 is 1.54 bits per heavy atom. The van der Waals surface area contributed by atoms with Gasteiger partial charge in [0.05, 0.1) is 11.3 Å². The van der Waals surface area contributed by atoms with Crippen LogP contribution in [-0.2, 0) is 25.0 Å². The summed E-state index contributed by atoms with van der Waals surface area (Å²) in [6.45, 7) is 7.77.